The van der Waals surface area contributed by atoms with Crippen LogP contribution in [0.15, 0.2) is 18.2 Å². The van der Waals surface area contributed by atoms with Gasteiger partial charge in [-0.2, -0.15) is 0 Å². The third-order valence-corrected chi connectivity index (χ3v) is 2.81. The Morgan fingerprint density at radius 2 is 2.29 bits per heavy atom. The maximum Gasteiger partial charge on any atom is 0.256 e. The molecule has 90 valence electrons. The van der Waals surface area contributed by atoms with Crippen molar-refractivity contribution in [1.29, 1.82) is 0 Å². The lowest BCUT2D eigenvalue weighted by molar-refractivity contribution is -0.132. The number of nitrogens with one attached hydrogen (secondary N) is 1. The zero-order chi connectivity index (χ0) is 13.1. The largest absolute Gasteiger partial charge is 0.380 e. The number of rotatable bonds is 3. The number of amides is 1. The number of anilines is 1. The van der Waals surface area contributed by atoms with Crippen molar-refractivity contribution in [2.75, 3.05) is 5.32 Å². The van der Waals surface area contributed by atoms with E-state index in [1.54, 1.807) is 13.0 Å². The SMILES string of the molecule is [C-]#[N+]c1ccc(NC(=O)[C@](C)(O)CC)cc1Cl. The Morgan fingerprint density at radius 3 is 2.76 bits per heavy atom. The molecule has 2 N–H and O–H groups in total. The molecule has 0 saturated heterocycles. The molecule has 1 amide bonds. The summed E-state index contributed by atoms with van der Waals surface area (Å²) in [6.07, 6.45) is 0.312. The average molecular weight is 253 g/mol. The molecular formula is C12H13ClN2O2. The van der Waals surface area contributed by atoms with Gasteiger partial charge in [-0.3, -0.25) is 4.79 Å². The van der Waals surface area contributed by atoms with Gasteiger partial charge in [-0.05, 0) is 25.5 Å². The summed E-state index contributed by atoms with van der Waals surface area (Å²) in [4.78, 5) is 14.9. The molecule has 0 fully saturated rings. The van der Waals surface area contributed by atoms with Gasteiger partial charge in [-0.1, -0.05) is 24.6 Å². The zero-order valence-electron chi connectivity index (χ0n) is 9.62. The third-order valence-electron chi connectivity index (χ3n) is 2.50. The van der Waals surface area contributed by atoms with Crippen LogP contribution in [0.25, 0.3) is 4.85 Å². The van der Waals surface area contributed by atoms with Gasteiger partial charge in [0, 0.05) is 10.7 Å². The fourth-order valence-electron chi connectivity index (χ4n) is 1.10. The maximum absolute atomic E-state index is 11.7. The van der Waals surface area contributed by atoms with E-state index in [0.29, 0.717) is 17.8 Å². The molecule has 0 bridgehead atoms. The van der Waals surface area contributed by atoms with Crippen molar-refractivity contribution in [2.24, 2.45) is 0 Å². The van der Waals surface area contributed by atoms with Gasteiger partial charge >= 0.3 is 0 Å². The van der Waals surface area contributed by atoms with Gasteiger partial charge in [-0.15, -0.1) is 0 Å². The Labute approximate surface area is 105 Å². The molecule has 1 rings (SSSR count). The summed E-state index contributed by atoms with van der Waals surface area (Å²) in [7, 11) is 0. The second kappa shape index (κ2) is 5.17. The van der Waals surface area contributed by atoms with Gasteiger partial charge in [0.15, 0.2) is 0 Å². The molecule has 1 aromatic rings. The molecule has 0 heterocycles. The van der Waals surface area contributed by atoms with E-state index >= 15 is 0 Å². The van der Waals surface area contributed by atoms with E-state index in [2.05, 4.69) is 10.2 Å². The van der Waals surface area contributed by atoms with Crippen LogP contribution in [0.4, 0.5) is 11.4 Å². The summed E-state index contributed by atoms with van der Waals surface area (Å²) >= 11 is 5.83. The van der Waals surface area contributed by atoms with Crippen LogP contribution < -0.4 is 5.32 Å². The summed E-state index contributed by atoms with van der Waals surface area (Å²) < 4.78 is 0. The number of hydrogen-bond acceptors (Lipinski definition) is 2. The van der Waals surface area contributed by atoms with E-state index in [1.165, 1.54) is 19.1 Å². The van der Waals surface area contributed by atoms with Crippen molar-refractivity contribution < 1.29 is 9.90 Å². The molecule has 0 unspecified atom stereocenters. The molecule has 0 saturated carbocycles. The van der Waals surface area contributed by atoms with E-state index in [9.17, 15) is 9.90 Å². The monoisotopic (exact) mass is 252 g/mol. The van der Waals surface area contributed by atoms with Gasteiger partial charge in [-0.25, -0.2) is 4.85 Å². The quantitative estimate of drug-likeness (QED) is 0.813. The second-order valence-corrected chi connectivity index (χ2v) is 4.27. The predicted octanol–water partition coefficient (Wildman–Crippen LogP) is 2.99. The molecule has 0 radical (unpaired) electrons. The van der Waals surface area contributed by atoms with Crippen LogP contribution in [0.3, 0.4) is 0 Å². The summed E-state index contributed by atoms with van der Waals surface area (Å²) in [6.45, 7) is 10.00. The maximum atomic E-state index is 11.7. The molecule has 4 nitrogen and oxygen atoms in total. The highest BCUT2D eigenvalue weighted by molar-refractivity contribution is 6.33. The van der Waals surface area contributed by atoms with Crippen LogP contribution in [-0.2, 0) is 4.79 Å². The first-order chi connectivity index (χ1) is 7.90. The topological polar surface area (TPSA) is 53.7 Å². The second-order valence-electron chi connectivity index (χ2n) is 3.86. The van der Waals surface area contributed by atoms with Gasteiger partial charge < -0.3 is 10.4 Å². The van der Waals surface area contributed by atoms with Crippen molar-refractivity contribution in [2.45, 2.75) is 25.9 Å². The first kappa shape index (κ1) is 13.5. The summed E-state index contributed by atoms with van der Waals surface area (Å²) in [6, 6.07) is 4.58. The Morgan fingerprint density at radius 1 is 1.65 bits per heavy atom. The molecule has 0 aromatic heterocycles. The normalized spacial score (nSPS) is 13.6. The average Bonchev–Trinajstić information content (AvgIpc) is 2.29. The molecule has 17 heavy (non-hydrogen) atoms. The molecule has 0 aliphatic carbocycles. The smallest absolute Gasteiger partial charge is 0.256 e. The number of halogens is 1. The highest BCUT2D eigenvalue weighted by Gasteiger charge is 2.27. The Balaban J connectivity index is 2.88. The van der Waals surface area contributed by atoms with Crippen molar-refractivity contribution in [3.05, 3.63) is 34.6 Å². The number of hydrogen-bond donors (Lipinski definition) is 2. The number of benzene rings is 1. The predicted molar refractivity (Wildman–Crippen MR) is 67.3 cm³/mol. The number of carbonyl (C=O) groups excluding carboxylic acids is 1. The minimum Gasteiger partial charge on any atom is -0.380 e. The van der Waals surface area contributed by atoms with Gasteiger partial charge in [0.1, 0.15) is 5.60 Å². The highest BCUT2D eigenvalue weighted by atomic mass is 35.5. The van der Waals surface area contributed by atoms with E-state index < -0.39 is 11.5 Å². The van der Waals surface area contributed by atoms with Crippen molar-refractivity contribution in [3.8, 4) is 0 Å². The minimum absolute atomic E-state index is 0.272. The van der Waals surface area contributed by atoms with Crippen molar-refractivity contribution >= 4 is 28.9 Å². The van der Waals surface area contributed by atoms with E-state index in [0.717, 1.165) is 0 Å². The van der Waals surface area contributed by atoms with E-state index in [1.807, 2.05) is 0 Å². The van der Waals surface area contributed by atoms with Gasteiger partial charge in [0.25, 0.3) is 5.91 Å². The van der Waals surface area contributed by atoms with E-state index in [-0.39, 0.29) is 5.02 Å². The summed E-state index contributed by atoms with van der Waals surface area (Å²) in [5.41, 5.74) is -0.627. The molecular weight excluding hydrogens is 240 g/mol. The standard InChI is InChI=1S/C12H13ClN2O2/c1-4-12(2,17)11(16)15-8-5-6-10(14-3)9(13)7-8/h5-7,17H,4H2,1-2H3,(H,15,16)/t12-/m1/s1. The molecule has 1 atom stereocenters. The Hall–Kier alpha value is -1.57. The Bertz CT molecular complexity index is 478. The first-order valence-corrected chi connectivity index (χ1v) is 5.49. The number of nitrogens with zero attached hydrogens (tertiary/aromatic N) is 1. The molecule has 5 heteroatoms. The molecule has 0 aliphatic heterocycles. The van der Waals surface area contributed by atoms with Crippen LogP contribution in [0, 0.1) is 6.57 Å². The lowest BCUT2D eigenvalue weighted by atomic mass is 10.0. The molecule has 1 aromatic carbocycles. The minimum atomic E-state index is -1.41. The fraction of sp³-hybridized carbons (Fsp3) is 0.333. The lowest BCUT2D eigenvalue weighted by Crippen LogP contribution is -2.39. The summed E-state index contributed by atoms with van der Waals surface area (Å²) in [5, 5.41) is 12.6. The van der Waals surface area contributed by atoms with Crippen LogP contribution in [0.5, 0.6) is 0 Å². The van der Waals surface area contributed by atoms with E-state index in [4.69, 9.17) is 18.2 Å². The molecule has 0 aliphatic rings. The summed E-state index contributed by atoms with van der Waals surface area (Å²) in [5.74, 6) is -0.494. The fourth-order valence-corrected chi connectivity index (χ4v) is 1.32. The zero-order valence-corrected chi connectivity index (χ0v) is 10.4. The van der Waals surface area contributed by atoms with Crippen LogP contribution in [0.2, 0.25) is 5.02 Å². The van der Waals surface area contributed by atoms with Crippen LogP contribution in [-0.4, -0.2) is 16.6 Å². The Kier molecular flexibility index (Phi) is 4.11. The van der Waals surface area contributed by atoms with Gasteiger partial charge in [0.05, 0.1) is 6.57 Å². The number of aliphatic hydroxyl groups is 1. The van der Waals surface area contributed by atoms with Crippen molar-refractivity contribution in [1.82, 2.24) is 0 Å². The van der Waals surface area contributed by atoms with Gasteiger partial charge in [0.2, 0.25) is 5.69 Å². The van der Waals surface area contributed by atoms with Crippen LogP contribution >= 0.6 is 11.6 Å². The lowest BCUT2D eigenvalue weighted by Gasteiger charge is -2.20. The molecule has 0 spiro atoms. The first-order valence-electron chi connectivity index (χ1n) is 5.11. The highest BCUT2D eigenvalue weighted by Crippen LogP contribution is 2.28. The van der Waals surface area contributed by atoms with Crippen LogP contribution in [0.1, 0.15) is 20.3 Å². The third kappa shape index (κ3) is 3.19. The van der Waals surface area contributed by atoms with Crippen molar-refractivity contribution in [3.63, 3.8) is 0 Å². The number of carbonyl (C=O) groups is 1.